The maximum atomic E-state index is 12.7. The Bertz CT molecular complexity index is 524. The summed E-state index contributed by atoms with van der Waals surface area (Å²) < 4.78 is 0. The van der Waals surface area contributed by atoms with Crippen LogP contribution in [0.15, 0.2) is 12.4 Å². The van der Waals surface area contributed by atoms with E-state index < -0.39 is 0 Å². The molecular weight excluding hydrogens is 276 g/mol. The summed E-state index contributed by atoms with van der Waals surface area (Å²) in [6.07, 6.45) is 6.85. The van der Waals surface area contributed by atoms with E-state index in [1.165, 1.54) is 12.8 Å². The number of hydrogen-bond acceptors (Lipinski definition) is 4. The van der Waals surface area contributed by atoms with Crippen molar-refractivity contribution in [1.29, 1.82) is 0 Å². The Hall–Kier alpha value is -1.49. The molecule has 120 valence electrons. The van der Waals surface area contributed by atoms with Gasteiger partial charge >= 0.3 is 0 Å². The van der Waals surface area contributed by atoms with Crippen molar-refractivity contribution in [3.8, 4) is 0 Å². The van der Waals surface area contributed by atoms with Crippen molar-refractivity contribution in [3.63, 3.8) is 0 Å². The van der Waals surface area contributed by atoms with Crippen LogP contribution >= 0.6 is 0 Å². The third-order valence-corrected chi connectivity index (χ3v) is 4.81. The van der Waals surface area contributed by atoms with Crippen LogP contribution in [0.4, 0.5) is 0 Å². The lowest BCUT2D eigenvalue weighted by molar-refractivity contribution is 0.0371. The lowest BCUT2D eigenvalue weighted by Gasteiger charge is -2.43. The van der Waals surface area contributed by atoms with E-state index in [9.17, 15) is 4.79 Å². The molecule has 1 aliphatic heterocycles. The van der Waals surface area contributed by atoms with Gasteiger partial charge in [-0.1, -0.05) is 6.92 Å². The summed E-state index contributed by atoms with van der Waals surface area (Å²) in [6.45, 7) is 9.19. The molecule has 3 rings (SSSR count). The molecule has 1 saturated heterocycles. The van der Waals surface area contributed by atoms with E-state index >= 15 is 0 Å². The highest BCUT2D eigenvalue weighted by molar-refractivity contribution is 5.93. The monoisotopic (exact) mass is 302 g/mol. The van der Waals surface area contributed by atoms with Crippen LogP contribution in [0, 0.1) is 0 Å². The van der Waals surface area contributed by atoms with Crippen molar-refractivity contribution >= 4 is 5.91 Å². The summed E-state index contributed by atoms with van der Waals surface area (Å²) in [7, 11) is 0. The number of aromatic nitrogens is 2. The molecule has 1 atom stereocenters. The van der Waals surface area contributed by atoms with Gasteiger partial charge in [0.1, 0.15) is 5.82 Å². The molecule has 0 spiro atoms. The smallest absolute Gasteiger partial charge is 0.257 e. The first-order valence-electron chi connectivity index (χ1n) is 8.47. The molecule has 0 N–H and O–H groups in total. The quantitative estimate of drug-likeness (QED) is 0.856. The van der Waals surface area contributed by atoms with Crippen LogP contribution in [0.2, 0.25) is 0 Å². The van der Waals surface area contributed by atoms with Gasteiger partial charge in [-0.25, -0.2) is 9.97 Å². The van der Waals surface area contributed by atoms with Gasteiger partial charge in [0.25, 0.3) is 5.91 Å². The minimum Gasteiger partial charge on any atom is -0.336 e. The van der Waals surface area contributed by atoms with E-state index in [0.29, 0.717) is 23.6 Å². The lowest BCUT2D eigenvalue weighted by Crippen LogP contribution is -2.56. The number of rotatable bonds is 4. The number of hydrogen-bond donors (Lipinski definition) is 0. The fourth-order valence-corrected chi connectivity index (χ4v) is 3.28. The van der Waals surface area contributed by atoms with Crippen molar-refractivity contribution in [2.24, 2.45) is 0 Å². The van der Waals surface area contributed by atoms with E-state index in [0.717, 1.165) is 31.9 Å². The van der Waals surface area contributed by atoms with Crippen LogP contribution in [-0.4, -0.2) is 57.4 Å². The highest BCUT2D eigenvalue weighted by atomic mass is 16.2. The first-order chi connectivity index (χ1) is 10.6. The van der Waals surface area contributed by atoms with Gasteiger partial charge in [-0.05, 0) is 33.1 Å². The van der Waals surface area contributed by atoms with Crippen molar-refractivity contribution in [2.75, 3.05) is 19.6 Å². The molecule has 1 amide bonds. The van der Waals surface area contributed by atoms with Crippen LogP contribution < -0.4 is 0 Å². The first-order valence-corrected chi connectivity index (χ1v) is 8.47. The van der Waals surface area contributed by atoms with Gasteiger partial charge in [0.15, 0.2) is 0 Å². The molecule has 0 aromatic carbocycles. The molecule has 5 heteroatoms. The molecule has 0 radical (unpaired) electrons. The zero-order valence-corrected chi connectivity index (χ0v) is 13.8. The molecule has 1 saturated carbocycles. The van der Waals surface area contributed by atoms with E-state index in [1.54, 1.807) is 12.4 Å². The van der Waals surface area contributed by atoms with Gasteiger partial charge in [0.2, 0.25) is 0 Å². The summed E-state index contributed by atoms with van der Waals surface area (Å²) in [6, 6.07) is 0.979. The maximum absolute atomic E-state index is 12.7. The maximum Gasteiger partial charge on any atom is 0.257 e. The highest BCUT2D eigenvalue weighted by Gasteiger charge is 2.31. The lowest BCUT2D eigenvalue weighted by atomic mass is 10.1. The average Bonchev–Trinajstić information content (AvgIpc) is 3.38. The van der Waals surface area contributed by atoms with Crippen LogP contribution in [0.25, 0.3) is 0 Å². The predicted molar refractivity (Wildman–Crippen MR) is 85.8 cm³/mol. The second kappa shape index (κ2) is 6.32. The fraction of sp³-hybridized carbons (Fsp3) is 0.706. The second-order valence-electron chi connectivity index (χ2n) is 6.75. The van der Waals surface area contributed by atoms with Crippen molar-refractivity contribution in [3.05, 3.63) is 23.8 Å². The van der Waals surface area contributed by atoms with Crippen LogP contribution in [0.5, 0.6) is 0 Å². The molecule has 1 aromatic rings. The molecule has 0 unspecified atom stereocenters. The molecule has 1 aliphatic carbocycles. The van der Waals surface area contributed by atoms with Crippen LogP contribution in [-0.2, 0) is 0 Å². The zero-order chi connectivity index (χ0) is 15.7. The van der Waals surface area contributed by atoms with Crippen molar-refractivity contribution in [2.45, 2.75) is 58.0 Å². The summed E-state index contributed by atoms with van der Waals surface area (Å²) in [5.74, 6) is 1.50. The Balaban J connectivity index is 1.67. The van der Waals surface area contributed by atoms with E-state index in [-0.39, 0.29) is 5.91 Å². The standard InChI is InChI=1S/C17H26N4O/c1-4-15-11-20(7-8-21(15)12(2)3)17(22)14-9-18-16(19-10-14)13-5-6-13/h9-10,12-13,15H,4-8,11H2,1-3H3/t15-/m1/s1. The molecule has 0 bridgehead atoms. The Morgan fingerprint density at radius 3 is 2.50 bits per heavy atom. The van der Waals surface area contributed by atoms with E-state index in [4.69, 9.17) is 0 Å². The van der Waals surface area contributed by atoms with Gasteiger partial charge < -0.3 is 4.90 Å². The first kappa shape index (κ1) is 15.4. The Labute approximate surface area is 132 Å². The summed E-state index contributed by atoms with van der Waals surface area (Å²) in [4.78, 5) is 25.9. The number of nitrogens with zero attached hydrogens (tertiary/aromatic N) is 4. The minimum absolute atomic E-state index is 0.0733. The number of amides is 1. The van der Waals surface area contributed by atoms with Gasteiger partial charge in [-0.2, -0.15) is 0 Å². The van der Waals surface area contributed by atoms with Gasteiger partial charge in [-0.15, -0.1) is 0 Å². The molecule has 22 heavy (non-hydrogen) atoms. The Morgan fingerprint density at radius 2 is 1.95 bits per heavy atom. The van der Waals surface area contributed by atoms with Crippen LogP contribution in [0.3, 0.4) is 0 Å². The van der Waals surface area contributed by atoms with Gasteiger partial charge in [0.05, 0.1) is 5.56 Å². The topological polar surface area (TPSA) is 49.3 Å². The SMILES string of the molecule is CC[C@@H]1CN(C(=O)c2cnc(C3CC3)nc2)CCN1C(C)C. The largest absolute Gasteiger partial charge is 0.336 e. The van der Waals surface area contributed by atoms with Gasteiger partial charge in [0, 0.05) is 50.0 Å². The molecule has 5 nitrogen and oxygen atoms in total. The third-order valence-electron chi connectivity index (χ3n) is 4.81. The Morgan fingerprint density at radius 1 is 1.27 bits per heavy atom. The summed E-state index contributed by atoms with van der Waals surface area (Å²) in [5, 5.41) is 0. The van der Waals surface area contributed by atoms with E-state index in [2.05, 4.69) is 35.6 Å². The average molecular weight is 302 g/mol. The summed E-state index contributed by atoms with van der Waals surface area (Å²) >= 11 is 0. The summed E-state index contributed by atoms with van der Waals surface area (Å²) in [5.41, 5.74) is 0.622. The molecule has 2 heterocycles. The van der Waals surface area contributed by atoms with Crippen molar-refractivity contribution < 1.29 is 4.79 Å². The number of piperazine rings is 1. The van der Waals surface area contributed by atoms with Crippen molar-refractivity contribution in [1.82, 2.24) is 19.8 Å². The normalized spacial score (nSPS) is 23.1. The number of carbonyl (C=O) groups is 1. The predicted octanol–water partition coefficient (Wildman–Crippen LogP) is 2.30. The zero-order valence-electron chi connectivity index (χ0n) is 13.8. The Kier molecular flexibility index (Phi) is 4.43. The molecular formula is C17H26N4O. The minimum atomic E-state index is 0.0733. The van der Waals surface area contributed by atoms with Gasteiger partial charge in [-0.3, -0.25) is 9.69 Å². The molecule has 2 aliphatic rings. The van der Waals surface area contributed by atoms with E-state index in [1.807, 2.05) is 4.90 Å². The van der Waals surface area contributed by atoms with Crippen LogP contribution in [0.1, 0.15) is 62.1 Å². The molecule has 1 aromatic heterocycles. The molecule has 2 fully saturated rings. The number of carbonyl (C=O) groups excluding carboxylic acids is 1. The fourth-order valence-electron chi connectivity index (χ4n) is 3.28. The second-order valence-corrected chi connectivity index (χ2v) is 6.75. The third kappa shape index (κ3) is 3.14. The highest BCUT2D eigenvalue weighted by Crippen LogP contribution is 2.37.